The lowest BCUT2D eigenvalue weighted by Crippen LogP contribution is -2.32. The van der Waals surface area contributed by atoms with E-state index in [0.717, 1.165) is 16.3 Å². The number of aryl methyl sites for hydroxylation is 1. The molecule has 0 unspecified atom stereocenters. The zero-order chi connectivity index (χ0) is 19.6. The highest BCUT2D eigenvalue weighted by molar-refractivity contribution is 5.64. The molecule has 1 aromatic heterocycles. The highest BCUT2D eigenvalue weighted by Crippen LogP contribution is 2.33. The summed E-state index contributed by atoms with van der Waals surface area (Å²) in [5.41, 5.74) is 1.28. The van der Waals surface area contributed by atoms with E-state index < -0.39 is 22.9 Å². The van der Waals surface area contributed by atoms with Gasteiger partial charge in [0.1, 0.15) is 11.6 Å². The smallest absolute Gasteiger partial charge is 0.291 e. The molecule has 4 nitrogen and oxygen atoms in total. The van der Waals surface area contributed by atoms with E-state index in [2.05, 4.69) is 5.43 Å². The van der Waals surface area contributed by atoms with Gasteiger partial charge in [0.05, 0.1) is 16.9 Å². The van der Waals surface area contributed by atoms with Crippen LogP contribution >= 0.6 is 0 Å². The summed E-state index contributed by atoms with van der Waals surface area (Å²) in [5, 5.41) is 9.17. The van der Waals surface area contributed by atoms with E-state index in [9.17, 15) is 18.0 Å². The van der Waals surface area contributed by atoms with E-state index in [4.69, 9.17) is 5.26 Å². The van der Waals surface area contributed by atoms with Crippen molar-refractivity contribution in [3.8, 4) is 17.3 Å². The average Bonchev–Trinajstić information content (AvgIpc) is 2.63. The first kappa shape index (κ1) is 18.3. The van der Waals surface area contributed by atoms with E-state index >= 15 is 0 Å². The van der Waals surface area contributed by atoms with Gasteiger partial charge in [-0.25, -0.2) is 4.68 Å². The van der Waals surface area contributed by atoms with Crippen molar-refractivity contribution < 1.29 is 13.2 Å². The number of aromatic nitrogens is 1. The van der Waals surface area contributed by atoms with Crippen molar-refractivity contribution in [3.63, 3.8) is 0 Å². The number of hydrogen-bond acceptors (Lipinski definition) is 3. The molecule has 0 saturated carbocycles. The molecular formula is C20H14F3N3O. The van der Waals surface area contributed by atoms with Crippen LogP contribution in [0.4, 0.5) is 18.9 Å². The van der Waals surface area contributed by atoms with Gasteiger partial charge in [-0.3, -0.25) is 10.2 Å². The highest BCUT2D eigenvalue weighted by Gasteiger charge is 2.36. The van der Waals surface area contributed by atoms with Gasteiger partial charge in [0.2, 0.25) is 0 Å². The lowest BCUT2D eigenvalue weighted by molar-refractivity contribution is -0.137. The SMILES string of the molecule is Cc1cccc(-c2cc(C(F)(F)F)c(C#N)c(=O)n2Nc2ccccc2)c1. The molecule has 0 saturated heterocycles. The van der Waals surface area contributed by atoms with Crippen molar-refractivity contribution in [1.82, 2.24) is 4.68 Å². The molecule has 0 aliphatic heterocycles. The van der Waals surface area contributed by atoms with Crippen LogP contribution in [0, 0.1) is 18.3 Å². The molecule has 2 aromatic carbocycles. The third-order valence-corrected chi connectivity index (χ3v) is 3.95. The number of nitrogens with one attached hydrogen (secondary N) is 1. The van der Waals surface area contributed by atoms with E-state index in [-0.39, 0.29) is 5.69 Å². The molecule has 1 N–H and O–H groups in total. The lowest BCUT2D eigenvalue weighted by atomic mass is 10.0. The maximum Gasteiger partial charge on any atom is 0.417 e. The van der Waals surface area contributed by atoms with Crippen molar-refractivity contribution in [1.29, 1.82) is 5.26 Å². The lowest BCUT2D eigenvalue weighted by Gasteiger charge is -2.19. The van der Waals surface area contributed by atoms with Gasteiger partial charge < -0.3 is 0 Å². The molecule has 0 amide bonds. The van der Waals surface area contributed by atoms with E-state index in [1.165, 1.54) is 6.07 Å². The van der Waals surface area contributed by atoms with Gasteiger partial charge in [-0.05, 0) is 31.2 Å². The average molecular weight is 369 g/mol. The van der Waals surface area contributed by atoms with Crippen LogP contribution in [0.25, 0.3) is 11.3 Å². The quantitative estimate of drug-likeness (QED) is 0.735. The largest absolute Gasteiger partial charge is 0.417 e. The maximum absolute atomic E-state index is 13.4. The predicted octanol–water partition coefficient (Wildman–Crippen LogP) is 4.59. The molecule has 3 rings (SSSR count). The van der Waals surface area contributed by atoms with Crippen molar-refractivity contribution in [2.45, 2.75) is 13.1 Å². The normalized spacial score (nSPS) is 11.1. The second-order valence-electron chi connectivity index (χ2n) is 5.92. The summed E-state index contributed by atoms with van der Waals surface area (Å²) >= 11 is 0. The van der Waals surface area contributed by atoms with Gasteiger partial charge in [-0.15, -0.1) is 0 Å². The second kappa shape index (κ2) is 7.00. The van der Waals surface area contributed by atoms with Crippen molar-refractivity contribution in [3.05, 3.63) is 87.7 Å². The van der Waals surface area contributed by atoms with E-state index in [0.29, 0.717) is 11.3 Å². The standard InChI is InChI=1S/C20H14F3N3O/c1-13-6-5-7-14(10-13)18-11-17(20(21,22)23)16(12-24)19(27)26(18)25-15-8-3-2-4-9-15/h2-11,25H,1H3. The molecule has 0 radical (unpaired) electrons. The van der Waals surface area contributed by atoms with Crippen LogP contribution < -0.4 is 11.0 Å². The minimum atomic E-state index is -4.82. The van der Waals surface area contributed by atoms with Crippen LogP contribution in [-0.2, 0) is 6.18 Å². The fraction of sp³-hybridized carbons (Fsp3) is 0.100. The molecule has 0 spiro atoms. The number of hydrogen-bond donors (Lipinski definition) is 1. The third kappa shape index (κ3) is 3.70. The Kier molecular flexibility index (Phi) is 4.74. The number of alkyl halides is 3. The summed E-state index contributed by atoms with van der Waals surface area (Å²) in [7, 11) is 0. The number of nitrogens with zero attached hydrogens (tertiary/aromatic N) is 2. The molecule has 0 fully saturated rings. The Balaban J connectivity index is 2.33. The molecule has 27 heavy (non-hydrogen) atoms. The molecule has 136 valence electrons. The summed E-state index contributed by atoms with van der Waals surface area (Å²) in [6.45, 7) is 1.80. The molecule has 0 aliphatic rings. The molecule has 3 aromatic rings. The summed E-state index contributed by atoms with van der Waals surface area (Å²) in [6.07, 6.45) is -4.82. The summed E-state index contributed by atoms with van der Waals surface area (Å²) in [4.78, 5) is 12.7. The number of pyridine rings is 1. The fourth-order valence-electron chi connectivity index (χ4n) is 2.71. The molecular weight excluding hydrogens is 355 g/mol. The summed E-state index contributed by atoms with van der Waals surface area (Å²) in [6, 6.07) is 17.5. The molecule has 0 bridgehead atoms. The number of benzene rings is 2. The third-order valence-electron chi connectivity index (χ3n) is 3.95. The predicted molar refractivity (Wildman–Crippen MR) is 96.1 cm³/mol. The number of halogens is 3. The summed E-state index contributed by atoms with van der Waals surface area (Å²) < 4.78 is 41.3. The minimum Gasteiger partial charge on any atom is -0.291 e. The Labute approximate surface area is 153 Å². The van der Waals surface area contributed by atoms with Crippen molar-refractivity contribution >= 4 is 5.69 Å². The van der Waals surface area contributed by atoms with Gasteiger partial charge in [0, 0.05) is 5.56 Å². The van der Waals surface area contributed by atoms with E-state index in [1.54, 1.807) is 61.5 Å². The Morgan fingerprint density at radius 2 is 1.74 bits per heavy atom. The second-order valence-corrected chi connectivity index (χ2v) is 5.92. The Morgan fingerprint density at radius 1 is 1.04 bits per heavy atom. The van der Waals surface area contributed by atoms with Gasteiger partial charge in [0.15, 0.2) is 0 Å². The number of para-hydroxylation sites is 1. The number of rotatable bonds is 3. The zero-order valence-corrected chi connectivity index (χ0v) is 14.2. The van der Waals surface area contributed by atoms with Crippen LogP contribution in [0.3, 0.4) is 0 Å². The van der Waals surface area contributed by atoms with Gasteiger partial charge in [-0.1, -0.05) is 42.0 Å². The van der Waals surface area contributed by atoms with E-state index in [1.807, 2.05) is 0 Å². The first-order valence-electron chi connectivity index (χ1n) is 7.97. The van der Waals surface area contributed by atoms with Gasteiger partial charge >= 0.3 is 6.18 Å². The molecule has 0 atom stereocenters. The topological polar surface area (TPSA) is 57.8 Å². The van der Waals surface area contributed by atoms with Crippen LogP contribution in [0.1, 0.15) is 16.7 Å². The summed E-state index contributed by atoms with van der Waals surface area (Å²) in [5.74, 6) is 0. The molecule has 7 heteroatoms. The van der Waals surface area contributed by atoms with Crippen LogP contribution in [0.15, 0.2) is 65.5 Å². The van der Waals surface area contributed by atoms with Crippen LogP contribution in [0.2, 0.25) is 0 Å². The van der Waals surface area contributed by atoms with Gasteiger partial charge in [-0.2, -0.15) is 18.4 Å². The van der Waals surface area contributed by atoms with Gasteiger partial charge in [0.25, 0.3) is 5.56 Å². The fourth-order valence-corrected chi connectivity index (χ4v) is 2.71. The molecule has 0 aliphatic carbocycles. The Hall–Kier alpha value is -3.53. The zero-order valence-electron chi connectivity index (χ0n) is 14.2. The first-order valence-corrected chi connectivity index (χ1v) is 7.97. The Bertz CT molecular complexity index is 1080. The van der Waals surface area contributed by atoms with Crippen LogP contribution in [0.5, 0.6) is 0 Å². The highest BCUT2D eigenvalue weighted by atomic mass is 19.4. The monoisotopic (exact) mass is 369 g/mol. The van der Waals surface area contributed by atoms with Crippen molar-refractivity contribution in [2.75, 3.05) is 5.43 Å². The molecule has 1 heterocycles. The number of anilines is 1. The van der Waals surface area contributed by atoms with Crippen molar-refractivity contribution in [2.24, 2.45) is 0 Å². The Morgan fingerprint density at radius 3 is 2.33 bits per heavy atom. The number of nitriles is 1. The first-order chi connectivity index (χ1) is 12.8. The van der Waals surface area contributed by atoms with Crippen LogP contribution in [-0.4, -0.2) is 4.68 Å². The minimum absolute atomic E-state index is 0.0129. The maximum atomic E-state index is 13.4.